The van der Waals surface area contributed by atoms with E-state index in [1.54, 1.807) is 0 Å². The van der Waals surface area contributed by atoms with Gasteiger partial charge in [0.2, 0.25) is 0 Å². The third-order valence-electron chi connectivity index (χ3n) is 2.26. The van der Waals surface area contributed by atoms with E-state index in [0.717, 1.165) is 18.1 Å². The van der Waals surface area contributed by atoms with Gasteiger partial charge in [-0.1, -0.05) is 6.92 Å². The van der Waals surface area contributed by atoms with Gasteiger partial charge in [0.05, 0.1) is 6.17 Å². The summed E-state index contributed by atoms with van der Waals surface area (Å²) in [6.07, 6.45) is 0.741. The molecule has 2 heteroatoms. The summed E-state index contributed by atoms with van der Waals surface area (Å²) in [6, 6.07) is 0.833. The molecule has 2 saturated heterocycles. The Kier molecular flexibility index (Phi) is 0.746. The summed E-state index contributed by atoms with van der Waals surface area (Å²) in [7, 11) is 2.18. The van der Waals surface area contributed by atoms with Gasteiger partial charge in [0.15, 0.2) is 0 Å². The SMILES string of the molecule is CC1CN(C)C2NC12. The first kappa shape index (κ1) is 4.77. The molecule has 3 atom stereocenters. The van der Waals surface area contributed by atoms with Crippen LogP contribution in [0.2, 0.25) is 0 Å². The highest BCUT2D eigenvalue weighted by atomic mass is 15.4. The molecule has 0 amide bonds. The lowest BCUT2D eigenvalue weighted by Crippen LogP contribution is -2.24. The maximum atomic E-state index is 3.39. The van der Waals surface area contributed by atoms with E-state index in [1.807, 2.05) is 0 Å². The first-order chi connectivity index (χ1) is 3.79. The van der Waals surface area contributed by atoms with E-state index < -0.39 is 0 Å². The van der Waals surface area contributed by atoms with Gasteiger partial charge in [-0.15, -0.1) is 0 Å². The molecule has 0 aromatic rings. The van der Waals surface area contributed by atoms with Crippen LogP contribution < -0.4 is 5.32 Å². The molecule has 0 aromatic heterocycles. The van der Waals surface area contributed by atoms with Gasteiger partial charge in [-0.2, -0.15) is 0 Å². The zero-order valence-electron chi connectivity index (χ0n) is 5.39. The highest BCUT2D eigenvalue weighted by Gasteiger charge is 2.49. The fraction of sp³-hybridized carbons (Fsp3) is 1.00. The summed E-state index contributed by atoms with van der Waals surface area (Å²) in [5.41, 5.74) is 0. The Balaban J connectivity index is 2.09. The Morgan fingerprint density at radius 2 is 2.38 bits per heavy atom. The lowest BCUT2D eigenvalue weighted by molar-refractivity contribution is 0.330. The van der Waals surface area contributed by atoms with E-state index in [-0.39, 0.29) is 0 Å². The van der Waals surface area contributed by atoms with Crippen molar-refractivity contribution in [1.29, 1.82) is 0 Å². The summed E-state index contributed by atoms with van der Waals surface area (Å²) in [5.74, 6) is 0.880. The van der Waals surface area contributed by atoms with Gasteiger partial charge in [-0.05, 0) is 13.0 Å². The molecule has 0 saturated carbocycles. The quantitative estimate of drug-likeness (QED) is 0.441. The number of nitrogens with one attached hydrogen (secondary N) is 1. The molecule has 2 aliphatic heterocycles. The number of nitrogens with zero attached hydrogens (tertiary/aromatic N) is 1. The Morgan fingerprint density at radius 3 is 2.50 bits per heavy atom. The fourth-order valence-corrected chi connectivity index (χ4v) is 1.70. The molecular formula is C6H12N2. The molecule has 8 heavy (non-hydrogen) atoms. The molecule has 2 heterocycles. The average molecular weight is 112 g/mol. The van der Waals surface area contributed by atoms with Gasteiger partial charge in [0.25, 0.3) is 0 Å². The lowest BCUT2D eigenvalue weighted by Gasteiger charge is -2.10. The number of likely N-dealkylation sites (tertiary alicyclic amines) is 1. The molecule has 1 N–H and O–H groups in total. The van der Waals surface area contributed by atoms with Crippen LogP contribution in [0, 0.1) is 5.92 Å². The monoisotopic (exact) mass is 112 g/mol. The van der Waals surface area contributed by atoms with Crippen molar-refractivity contribution in [1.82, 2.24) is 10.2 Å². The highest BCUT2D eigenvalue weighted by molar-refractivity contribution is 5.05. The van der Waals surface area contributed by atoms with Crippen molar-refractivity contribution in [3.8, 4) is 0 Å². The minimum absolute atomic E-state index is 0.741. The average Bonchev–Trinajstić information content (AvgIpc) is 2.35. The van der Waals surface area contributed by atoms with Crippen LogP contribution in [0.3, 0.4) is 0 Å². The summed E-state index contributed by atoms with van der Waals surface area (Å²) < 4.78 is 0. The van der Waals surface area contributed by atoms with Crippen LogP contribution in [-0.4, -0.2) is 30.7 Å². The predicted molar refractivity (Wildman–Crippen MR) is 32.5 cm³/mol. The van der Waals surface area contributed by atoms with Crippen LogP contribution in [0.5, 0.6) is 0 Å². The van der Waals surface area contributed by atoms with Crippen molar-refractivity contribution in [2.75, 3.05) is 13.6 Å². The van der Waals surface area contributed by atoms with E-state index in [1.165, 1.54) is 6.54 Å². The number of rotatable bonds is 0. The van der Waals surface area contributed by atoms with Crippen LogP contribution in [0.1, 0.15) is 6.92 Å². The second-order valence-corrected chi connectivity index (χ2v) is 3.05. The number of hydrogen-bond donors (Lipinski definition) is 1. The molecule has 2 rings (SSSR count). The van der Waals surface area contributed by atoms with Gasteiger partial charge in [0.1, 0.15) is 0 Å². The molecule has 2 nitrogen and oxygen atoms in total. The zero-order chi connectivity index (χ0) is 5.72. The Labute approximate surface area is 49.9 Å². The molecule has 46 valence electrons. The first-order valence-corrected chi connectivity index (χ1v) is 3.25. The highest BCUT2D eigenvalue weighted by Crippen LogP contribution is 2.30. The maximum Gasteiger partial charge on any atom is 0.0759 e. The Hall–Kier alpha value is -0.0800. The molecule has 0 aliphatic carbocycles. The summed E-state index contributed by atoms with van der Waals surface area (Å²) in [4.78, 5) is 2.38. The normalized spacial score (nSPS) is 54.0. The number of fused-ring (bicyclic) bond motifs is 1. The van der Waals surface area contributed by atoms with Crippen LogP contribution in [0.4, 0.5) is 0 Å². The Morgan fingerprint density at radius 1 is 1.62 bits per heavy atom. The van der Waals surface area contributed by atoms with Crippen molar-refractivity contribution in [3.63, 3.8) is 0 Å². The molecular weight excluding hydrogens is 100 g/mol. The smallest absolute Gasteiger partial charge is 0.0759 e. The maximum absolute atomic E-state index is 3.39. The van der Waals surface area contributed by atoms with Gasteiger partial charge in [0, 0.05) is 12.6 Å². The van der Waals surface area contributed by atoms with Crippen molar-refractivity contribution in [3.05, 3.63) is 0 Å². The minimum Gasteiger partial charge on any atom is -0.294 e. The lowest BCUT2D eigenvalue weighted by atomic mass is 10.1. The third-order valence-corrected chi connectivity index (χ3v) is 2.26. The summed E-state index contributed by atoms with van der Waals surface area (Å²) >= 11 is 0. The standard InChI is InChI=1S/C6H12N2/c1-4-3-8(2)6-5(4)7-6/h4-7H,3H2,1-2H3. The second-order valence-electron chi connectivity index (χ2n) is 3.05. The topological polar surface area (TPSA) is 25.2 Å². The van der Waals surface area contributed by atoms with E-state index >= 15 is 0 Å². The minimum atomic E-state index is 0.741. The second kappa shape index (κ2) is 1.25. The van der Waals surface area contributed by atoms with E-state index in [0.29, 0.717) is 0 Å². The Bertz CT molecular complexity index is 97.1. The van der Waals surface area contributed by atoms with Gasteiger partial charge in [-0.25, -0.2) is 0 Å². The molecule has 0 spiro atoms. The van der Waals surface area contributed by atoms with Crippen molar-refractivity contribution in [2.24, 2.45) is 5.92 Å². The van der Waals surface area contributed by atoms with Gasteiger partial charge < -0.3 is 0 Å². The zero-order valence-corrected chi connectivity index (χ0v) is 5.39. The van der Waals surface area contributed by atoms with Crippen LogP contribution in [0.25, 0.3) is 0 Å². The van der Waals surface area contributed by atoms with Crippen LogP contribution in [0.15, 0.2) is 0 Å². The van der Waals surface area contributed by atoms with E-state index in [2.05, 4.69) is 24.2 Å². The molecule has 2 fully saturated rings. The van der Waals surface area contributed by atoms with Gasteiger partial charge in [-0.3, -0.25) is 10.2 Å². The molecule has 3 unspecified atom stereocenters. The molecule has 0 radical (unpaired) electrons. The fourth-order valence-electron chi connectivity index (χ4n) is 1.70. The first-order valence-electron chi connectivity index (χ1n) is 3.25. The van der Waals surface area contributed by atoms with E-state index in [4.69, 9.17) is 0 Å². The summed E-state index contributed by atoms with van der Waals surface area (Å²) in [5, 5.41) is 3.39. The van der Waals surface area contributed by atoms with Crippen molar-refractivity contribution in [2.45, 2.75) is 19.1 Å². The predicted octanol–water partition coefficient (Wildman–Crippen LogP) is -0.134. The van der Waals surface area contributed by atoms with Crippen molar-refractivity contribution >= 4 is 0 Å². The van der Waals surface area contributed by atoms with Crippen molar-refractivity contribution < 1.29 is 0 Å². The molecule has 2 aliphatic rings. The molecule has 0 aromatic carbocycles. The molecule has 0 bridgehead atoms. The summed E-state index contributed by atoms with van der Waals surface area (Å²) in [6.45, 7) is 3.59. The number of likely N-dealkylation sites (N-methyl/N-ethyl adjacent to an activating group) is 1. The van der Waals surface area contributed by atoms with Crippen LogP contribution in [-0.2, 0) is 0 Å². The number of hydrogen-bond acceptors (Lipinski definition) is 2. The van der Waals surface area contributed by atoms with E-state index in [9.17, 15) is 0 Å². The third kappa shape index (κ3) is 0.446. The van der Waals surface area contributed by atoms with Crippen LogP contribution >= 0.6 is 0 Å². The van der Waals surface area contributed by atoms with Gasteiger partial charge >= 0.3 is 0 Å². The largest absolute Gasteiger partial charge is 0.294 e.